The van der Waals surface area contributed by atoms with Crippen molar-refractivity contribution in [1.29, 1.82) is 0 Å². The smallest absolute Gasteiger partial charge is 0.407 e. The van der Waals surface area contributed by atoms with Crippen LogP contribution in [0.15, 0.2) is 60.7 Å². The summed E-state index contributed by atoms with van der Waals surface area (Å²) in [4.78, 5) is 23.8. The molecule has 30 heavy (non-hydrogen) atoms. The molecule has 162 valence electrons. The summed E-state index contributed by atoms with van der Waals surface area (Å²) >= 11 is 0. The van der Waals surface area contributed by atoms with Gasteiger partial charge in [-0.2, -0.15) is 0 Å². The topological polar surface area (TPSA) is 117 Å². The van der Waals surface area contributed by atoms with Crippen LogP contribution in [0.5, 0.6) is 0 Å². The molecule has 8 nitrogen and oxygen atoms in total. The van der Waals surface area contributed by atoms with Crippen LogP contribution >= 0.6 is 0 Å². The van der Waals surface area contributed by atoms with Gasteiger partial charge in [0.05, 0.1) is 12.1 Å². The highest BCUT2D eigenvalue weighted by molar-refractivity contribution is 5.68. The van der Waals surface area contributed by atoms with Crippen LogP contribution in [0.1, 0.15) is 25.0 Å². The molecular weight excluding hydrogens is 388 g/mol. The highest BCUT2D eigenvalue weighted by atomic mass is 16.6. The zero-order chi connectivity index (χ0) is 21.9. The Bertz CT molecular complexity index is 719. The molecule has 2 rings (SSSR count). The van der Waals surface area contributed by atoms with Crippen molar-refractivity contribution in [2.75, 3.05) is 0 Å². The molecule has 0 unspecified atom stereocenters. The molecule has 0 heterocycles. The van der Waals surface area contributed by atoms with Crippen molar-refractivity contribution in [3.63, 3.8) is 0 Å². The van der Waals surface area contributed by atoms with E-state index in [9.17, 15) is 19.8 Å². The second-order valence-electron chi connectivity index (χ2n) is 6.97. The van der Waals surface area contributed by atoms with Gasteiger partial charge >= 0.3 is 12.2 Å². The van der Waals surface area contributed by atoms with E-state index < -0.39 is 36.5 Å². The highest BCUT2D eigenvalue weighted by Gasteiger charge is 2.30. The number of aliphatic hydroxyl groups is 2. The number of alkyl carbamates (subject to hydrolysis) is 2. The molecule has 0 radical (unpaired) electrons. The number of carbonyl (C=O) groups excluding carboxylic acids is 2. The normalized spacial score (nSPS) is 14.7. The highest BCUT2D eigenvalue weighted by Crippen LogP contribution is 2.07. The summed E-state index contributed by atoms with van der Waals surface area (Å²) in [6.45, 7) is 3.22. The summed E-state index contributed by atoms with van der Waals surface area (Å²) in [7, 11) is 0. The number of hydrogen-bond acceptors (Lipinski definition) is 6. The first kappa shape index (κ1) is 23.2. The van der Waals surface area contributed by atoms with Crippen LogP contribution in [0.2, 0.25) is 0 Å². The van der Waals surface area contributed by atoms with Gasteiger partial charge in [0.25, 0.3) is 0 Å². The quantitative estimate of drug-likeness (QED) is 0.499. The average molecular weight is 416 g/mol. The predicted molar refractivity (Wildman–Crippen MR) is 110 cm³/mol. The average Bonchev–Trinajstić information content (AvgIpc) is 2.76. The molecule has 4 atom stereocenters. The van der Waals surface area contributed by atoms with Crippen molar-refractivity contribution >= 4 is 12.2 Å². The lowest BCUT2D eigenvalue weighted by Gasteiger charge is -2.28. The van der Waals surface area contributed by atoms with Gasteiger partial charge in [-0.15, -0.1) is 0 Å². The molecule has 0 bridgehead atoms. The van der Waals surface area contributed by atoms with Crippen molar-refractivity contribution in [2.24, 2.45) is 0 Å². The maximum atomic E-state index is 11.9. The Morgan fingerprint density at radius 3 is 1.40 bits per heavy atom. The van der Waals surface area contributed by atoms with E-state index in [0.717, 1.165) is 11.1 Å². The van der Waals surface area contributed by atoms with Gasteiger partial charge in [0.1, 0.15) is 25.4 Å². The first-order valence-electron chi connectivity index (χ1n) is 9.67. The summed E-state index contributed by atoms with van der Waals surface area (Å²) in [6, 6.07) is 16.7. The second kappa shape index (κ2) is 11.8. The number of rotatable bonds is 9. The van der Waals surface area contributed by atoms with Crippen LogP contribution in [-0.2, 0) is 22.7 Å². The van der Waals surface area contributed by atoms with Gasteiger partial charge in [-0.25, -0.2) is 9.59 Å². The van der Waals surface area contributed by atoms with Gasteiger partial charge in [0.2, 0.25) is 0 Å². The Morgan fingerprint density at radius 1 is 0.733 bits per heavy atom. The number of ether oxygens (including phenoxy) is 2. The molecule has 2 aromatic carbocycles. The fourth-order valence-corrected chi connectivity index (χ4v) is 2.66. The standard InChI is InChI=1S/C22H28N2O6/c1-15(23-21(27)29-13-17-9-5-3-6-10-17)19(25)20(26)16(2)24-22(28)30-14-18-11-7-4-8-12-18/h3-12,15-16,19-20,25-26H,13-14H2,1-2H3,(H,23,27)(H,24,28)/t15-,16-,19+,20+/m1/s1. The second-order valence-corrected chi connectivity index (χ2v) is 6.97. The van der Waals surface area contributed by atoms with Gasteiger partial charge < -0.3 is 30.3 Å². The van der Waals surface area contributed by atoms with Crippen LogP contribution in [0.3, 0.4) is 0 Å². The molecule has 2 amide bonds. The summed E-state index contributed by atoms with van der Waals surface area (Å²) in [5.74, 6) is 0. The molecule has 0 fully saturated rings. The van der Waals surface area contributed by atoms with Crippen molar-refractivity contribution in [3.8, 4) is 0 Å². The number of hydrogen-bond donors (Lipinski definition) is 4. The molecule has 4 N–H and O–H groups in total. The monoisotopic (exact) mass is 416 g/mol. The van der Waals surface area contributed by atoms with E-state index in [4.69, 9.17) is 9.47 Å². The SMILES string of the molecule is C[C@@H](NC(=O)OCc1ccccc1)[C@H](O)[C@@H](O)[C@@H](C)NC(=O)OCc1ccccc1. The molecule has 0 saturated carbocycles. The lowest BCUT2D eigenvalue weighted by molar-refractivity contribution is -0.0175. The van der Waals surface area contributed by atoms with E-state index in [1.54, 1.807) is 0 Å². The summed E-state index contributed by atoms with van der Waals surface area (Å²) in [6.07, 6.45) is -4.11. The van der Waals surface area contributed by atoms with Crippen LogP contribution in [0.4, 0.5) is 9.59 Å². The molecule has 0 aliphatic heterocycles. The van der Waals surface area contributed by atoms with E-state index in [1.165, 1.54) is 13.8 Å². The molecule has 0 aliphatic rings. The number of aliphatic hydroxyl groups excluding tert-OH is 2. The van der Waals surface area contributed by atoms with Crippen LogP contribution in [-0.4, -0.2) is 46.7 Å². The first-order valence-corrected chi connectivity index (χ1v) is 9.67. The number of benzene rings is 2. The van der Waals surface area contributed by atoms with Gasteiger partial charge in [-0.1, -0.05) is 60.7 Å². The molecular formula is C22H28N2O6. The Balaban J connectivity index is 1.73. The minimum atomic E-state index is -1.33. The molecule has 2 aromatic rings. The maximum Gasteiger partial charge on any atom is 0.407 e. The van der Waals surface area contributed by atoms with Crippen LogP contribution in [0.25, 0.3) is 0 Å². The third-order valence-corrected chi connectivity index (χ3v) is 4.49. The van der Waals surface area contributed by atoms with Crippen molar-refractivity contribution in [3.05, 3.63) is 71.8 Å². The molecule has 8 heteroatoms. The maximum absolute atomic E-state index is 11.9. The third kappa shape index (κ3) is 7.73. The van der Waals surface area contributed by atoms with Gasteiger partial charge in [0, 0.05) is 0 Å². The number of nitrogens with one attached hydrogen (secondary N) is 2. The fourth-order valence-electron chi connectivity index (χ4n) is 2.66. The number of amides is 2. The third-order valence-electron chi connectivity index (χ3n) is 4.49. The van der Waals surface area contributed by atoms with Gasteiger partial charge in [-0.3, -0.25) is 0 Å². The van der Waals surface area contributed by atoms with Gasteiger partial charge in [0.15, 0.2) is 0 Å². The summed E-state index contributed by atoms with van der Waals surface area (Å²) < 4.78 is 10.2. The van der Waals surface area contributed by atoms with Crippen LogP contribution < -0.4 is 10.6 Å². The summed E-state index contributed by atoms with van der Waals surface area (Å²) in [5.41, 5.74) is 1.65. The fraction of sp³-hybridized carbons (Fsp3) is 0.364. The molecule has 0 aliphatic carbocycles. The zero-order valence-electron chi connectivity index (χ0n) is 17.0. The Labute approximate surface area is 175 Å². The summed E-state index contributed by atoms with van der Waals surface area (Å²) in [5, 5.41) is 25.5. The zero-order valence-corrected chi connectivity index (χ0v) is 17.0. The van der Waals surface area contributed by atoms with E-state index >= 15 is 0 Å². The van der Waals surface area contributed by atoms with Gasteiger partial charge in [-0.05, 0) is 25.0 Å². The lowest BCUT2D eigenvalue weighted by Crippen LogP contribution is -2.54. The molecule has 0 spiro atoms. The van der Waals surface area contributed by atoms with E-state index in [-0.39, 0.29) is 13.2 Å². The predicted octanol–water partition coefficient (Wildman–Crippen LogP) is 2.34. The molecule has 0 saturated heterocycles. The lowest BCUT2D eigenvalue weighted by atomic mass is 10.0. The Hall–Kier alpha value is -3.10. The van der Waals surface area contributed by atoms with E-state index in [0.29, 0.717) is 0 Å². The van der Waals surface area contributed by atoms with Crippen LogP contribution in [0, 0.1) is 0 Å². The molecule has 0 aromatic heterocycles. The minimum absolute atomic E-state index is 0.0866. The number of carbonyl (C=O) groups is 2. The minimum Gasteiger partial charge on any atom is -0.445 e. The first-order chi connectivity index (χ1) is 14.4. The Morgan fingerprint density at radius 2 is 1.07 bits per heavy atom. The van der Waals surface area contributed by atoms with E-state index in [2.05, 4.69) is 10.6 Å². The largest absolute Gasteiger partial charge is 0.445 e. The van der Waals surface area contributed by atoms with Crippen molar-refractivity contribution < 1.29 is 29.3 Å². The van der Waals surface area contributed by atoms with E-state index in [1.807, 2.05) is 60.7 Å². The van der Waals surface area contributed by atoms with Crippen molar-refractivity contribution in [2.45, 2.75) is 51.4 Å². The van der Waals surface area contributed by atoms with Crippen molar-refractivity contribution in [1.82, 2.24) is 10.6 Å². The Kier molecular flexibility index (Phi) is 9.11.